The second kappa shape index (κ2) is 8.03. The number of carbonyl (C=O) groups is 1. The summed E-state index contributed by atoms with van der Waals surface area (Å²) in [6.45, 7) is 11.6. The summed E-state index contributed by atoms with van der Waals surface area (Å²) in [7, 11) is -3.43. The van der Waals surface area contributed by atoms with E-state index in [1.54, 1.807) is 12.1 Å². The lowest BCUT2D eigenvalue weighted by molar-refractivity contribution is -0.122. The van der Waals surface area contributed by atoms with E-state index < -0.39 is 10.0 Å². The molecular weight excluding hydrogens is 384 g/mol. The van der Waals surface area contributed by atoms with Gasteiger partial charge in [-0.25, -0.2) is 8.42 Å². The van der Waals surface area contributed by atoms with Gasteiger partial charge in [0.2, 0.25) is 15.9 Å². The van der Waals surface area contributed by atoms with Crippen LogP contribution in [0.15, 0.2) is 29.2 Å². The van der Waals surface area contributed by atoms with Crippen molar-refractivity contribution in [3.05, 3.63) is 29.8 Å². The van der Waals surface area contributed by atoms with E-state index in [1.807, 2.05) is 26.0 Å². The van der Waals surface area contributed by atoms with Gasteiger partial charge < -0.3 is 5.32 Å². The van der Waals surface area contributed by atoms with Crippen molar-refractivity contribution in [1.82, 2.24) is 9.62 Å². The van der Waals surface area contributed by atoms with E-state index in [4.69, 9.17) is 0 Å². The van der Waals surface area contributed by atoms with Gasteiger partial charge in [-0.1, -0.05) is 46.8 Å². The van der Waals surface area contributed by atoms with Gasteiger partial charge in [0.15, 0.2) is 0 Å². The zero-order chi connectivity index (χ0) is 21.4. The van der Waals surface area contributed by atoms with Crippen molar-refractivity contribution < 1.29 is 13.2 Å². The molecule has 2 bridgehead atoms. The number of rotatable bonds is 8. The highest BCUT2D eigenvalue weighted by Gasteiger charge is 2.61. The zero-order valence-electron chi connectivity index (χ0n) is 18.5. The largest absolute Gasteiger partial charge is 0.353 e. The minimum absolute atomic E-state index is 0.0967. The Kier molecular flexibility index (Phi) is 6.17. The van der Waals surface area contributed by atoms with E-state index in [9.17, 15) is 13.2 Å². The van der Waals surface area contributed by atoms with Crippen LogP contribution in [0, 0.1) is 16.7 Å². The highest BCUT2D eigenvalue weighted by Crippen LogP contribution is 2.65. The molecule has 1 N–H and O–H groups in total. The van der Waals surface area contributed by atoms with Crippen LogP contribution >= 0.6 is 0 Å². The molecule has 162 valence electrons. The lowest BCUT2D eigenvalue weighted by Gasteiger charge is -2.39. The number of amides is 1. The SMILES string of the molecule is CCN(CC)S(=O)(=O)c1ccc(CCC(=O)NC2CC3CCC2(C)C3(C)C)cc1. The second-order valence-corrected chi connectivity index (χ2v) is 11.4. The van der Waals surface area contributed by atoms with Gasteiger partial charge in [0.1, 0.15) is 0 Å². The fraction of sp³-hybridized carbons (Fsp3) is 0.696. The number of aryl methyl sites for hydroxylation is 1. The van der Waals surface area contributed by atoms with E-state index in [1.165, 1.54) is 17.1 Å². The Morgan fingerprint density at radius 2 is 1.76 bits per heavy atom. The molecule has 0 aromatic heterocycles. The molecule has 1 aromatic rings. The standard InChI is InChI=1S/C23H36N2O3S/c1-6-25(7-2)29(27,28)19-11-8-17(9-12-19)10-13-21(26)24-20-16-18-14-15-23(20,5)22(18,3)4/h8-9,11-12,18,20H,6-7,10,13-16H2,1-5H3,(H,24,26). The van der Waals surface area contributed by atoms with Crippen molar-refractivity contribution in [3.63, 3.8) is 0 Å². The first-order valence-electron chi connectivity index (χ1n) is 10.9. The second-order valence-electron chi connectivity index (χ2n) is 9.46. The van der Waals surface area contributed by atoms with Crippen LogP contribution in [0.25, 0.3) is 0 Å². The van der Waals surface area contributed by atoms with Crippen LogP contribution in [-0.2, 0) is 21.2 Å². The molecule has 1 amide bonds. The summed E-state index contributed by atoms with van der Waals surface area (Å²) in [5.41, 5.74) is 1.46. The summed E-state index contributed by atoms with van der Waals surface area (Å²) < 4.78 is 26.6. The van der Waals surface area contributed by atoms with E-state index in [0.717, 1.165) is 12.0 Å². The number of nitrogens with zero attached hydrogens (tertiary/aromatic N) is 1. The molecule has 2 aliphatic carbocycles. The molecule has 0 heterocycles. The van der Waals surface area contributed by atoms with Crippen molar-refractivity contribution in [1.29, 1.82) is 0 Å². The molecule has 0 radical (unpaired) electrons. The average molecular weight is 421 g/mol. The predicted molar refractivity (Wildman–Crippen MR) is 116 cm³/mol. The molecule has 3 rings (SSSR count). The van der Waals surface area contributed by atoms with Crippen LogP contribution in [0.1, 0.15) is 65.9 Å². The third-order valence-corrected chi connectivity index (χ3v) is 10.1. The van der Waals surface area contributed by atoms with E-state index >= 15 is 0 Å². The highest BCUT2D eigenvalue weighted by atomic mass is 32.2. The van der Waals surface area contributed by atoms with Gasteiger partial charge >= 0.3 is 0 Å². The third kappa shape index (κ3) is 3.86. The first kappa shape index (κ1) is 22.3. The number of sulfonamides is 1. The van der Waals surface area contributed by atoms with E-state index in [0.29, 0.717) is 36.7 Å². The Morgan fingerprint density at radius 1 is 1.14 bits per heavy atom. The summed E-state index contributed by atoms with van der Waals surface area (Å²) in [4.78, 5) is 12.9. The first-order chi connectivity index (χ1) is 13.6. The fourth-order valence-corrected chi connectivity index (χ4v) is 6.95. The van der Waals surface area contributed by atoms with Gasteiger partial charge in [0.05, 0.1) is 4.90 Å². The number of hydrogen-bond donors (Lipinski definition) is 1. The van der Waals surface area contributed by atoms with Gasteiger partial charge in [0.25, 0.3) is 0 Å². The molecule has 5 nitrogen and oxygen atoms in total. The van der Waals surface area contributed by atoms with Gasteiger partial charge in [0, 0.05) is 25.6 Å². The van der Waals surface area contributed by atoms with E-state index in [-0.39, 0.29) is 22.8 Å². The molecule has 3 atom stereocenters. The maximum atomic E-state index is 12.6. The van der Waals surface area contributed by atoms with E-state index in [2.05, 4.69) is 26.1 Å². The maximum Gasteiger partial charge on any atom is 0.243 e. The van der Waals surface area contributed by atoms with Crippen LogP contribution in [0.4, 0.5) is 0 Å². The molecule has 1 aromatic carbocycles. The van der Waals surface area contributed by atoms with Gasteiger partial charge in [-0.2, -0.15) is 4.31 Å². The molecular formula is C23H36N2O3S. The van der Waals surface area contributed by atoms with Crippen LogP contribution in [0.2, 0.25) is 0 Å². The average Bonchev–Trinajstić information content (AvgIpc) is 3.01. The first-order valence-corrected chi connectivity index (χ1v) is 12.4. The number of fused-ring (bicyclic) bond motifs is 2. The molecule has 2 aliphatic rings. The fourth-order valence-electron chi connectivity index (χ4n) is 5.49. The lowest BCUT2D eigenvalue weighted by Crippen LogP contribution is -2.46. The van der Waals surface area contributed by atoms with Gasteiger partial charge in [-0.15, -0.1) is 0 Å². The Balaban J connectivity index is 1.56. The quantitative estimate of drug-likeness (QED) is 0.692. The number of hydrogen-bond acceptors (Lipinski definition) is 3. The van der Waals surface area contributed by atoms with Gasteiger partial charge in [-0.3, -0.25) is 4.79 Å². The summed E-state index contributed by atoms with van der Waals surface area (Å²) in [6.07, 6.45) is 4.61. The van der Waals surface area contributed by atoms with Crippen molar-refractivity contribution >= 4 is 15.9 Å². The van der Waals surface area contributed by atoms with Crippen molar-refractivity contribution in [2.75, 3.05) is 13.1 Å². The van der Waals surface area contributed by atoms with Crippen molar-refractivity contribution in [2.45, 2.75) is 77.7 Å². The smallest absolute Gasteiger partial charge is 0.243 e. The molecule has 6 heteroatoms. The maximum absolute atomic E-state index is 12.6. The third-order valence-electron chi connectivity index (χ3n) is 8.04. The molecule has 0 spiro atoms. The lowest BCUT2D eigenvalue weighted by atomic mass is 9.69. The van der Waals surface area contributed by atoms with Crippen LogP contribution < -0.4 is 5.32 Å². The van der Waals surface area contributed by atoms with Crippen molar-refractivity contribution in [2.24, 2.45) is 16.7 Å². The molecule has 29 heavy (non-hydrogen) atoms. The molecule has 0 saturated heterocycles. The Labute approximate surface area is 176 Å². The number of benzene rings is 1. The van der Waals surface area contributed by atoms with Crippen LogP contribution in [0.5, 0.6) is 0 Å². The zero-order valence-corrected chi connectivity index (χ0v) is 19.3. The summed E-state index contributed by atoms with van der Waals surface area (Å²) in [5.74, 6) is 0.803. The predicted octanol–water partition coefficient (Wildman–Crippen LogP) is 3.98. The summed E-state index contributed by atoms with van der Waals surface area (Å²) in [6, 6.07) is 7.23. The number of nitrogens with one attached hydrogen (secondary N) is 1. The van der Waals surface area contributed by atoms with Gasteiger partial charge in [-0.05, 0) is 60.1 Å². The van der Waals surface area contributed by atoms with Crippen LogP contribution in [-0.4, -0.2) is 37.8 Å². The molecule has 2 saturated carbocycles. The van der Waals surface area contributed by atoms with Crippen molar-refractivity contribution in [3.8, 4) is 0 Å². The Bertz CT molecular complexity index is 843. The minimum Gasteiger partial charge on any atom is -0.353 e. The van der Waals surface area contributed by atoms with Crippen LogP contribution in [0.3, 0.4) is 0 Å². The Morgan fingerprint density at radius 3 is 2.24 bits per heavy atom. The topological polar surface area (TPSA) is 66.5 Å². The molecule has 3 unspecified atom stereocenters. The molecule has 2 fully saturated rings. The summed E-state index contributed by atoms with van der Waals surface area (Å²) in [5, 5.41) is 3.30. The summed E-state index contributed by atoms with van der Waals surface area (Å²) >= 11 is 0. The monoisotopic (exact) mass is 420 g/mol. The minimum atomic E-state index is -3.43. The Hall–Kier alpha value is -1.40. The molecule has 0 aliphatic heterocycles. The number of carbonyl (C=O) groups excluding carboxylic acids is 1. The highest BCUT2D eigenvalue weighted by molar-refractivity contribution is 7.89. The normalized spacial score (nSPS) is 28.1.